The van der Waals surface area contributed by atoms with E-state index in [0.29, 0.717) is 6.42 Å². The van der Waals surface area contributed by atoms with Crippen molar-refractivity contribution in [2.24, 2.45) is 5.41 Å². The fourth-order valence-electron chi connectivity index (χ4n) is 2.55. The van der Waals surface area contributed by atoms with E-state index >= 15 is 0 Å². The molecule has 0 aliphatic heterocycles. The van der Waals surface area contributed by atoms with Crippen LogP contribution in [0.2, 0.25) is 0 Å². The Labute approximate surface area is 96.6 Å². The SMILES string of the molecule is CCC(C(=O)O)N(C)C(=O)C1(C)CCCC1. The van der Waals surface area contributed by atoms with Gasteiger partial charge in [-0.2, -0.15) is 0 Å². The van der Waals surface area contributed by atoms with E-state index in [9.17, 15) is 9.59 Å². The van der Waals surface area contributed by atoms with E-state index in [-0.39, 0.29) is 11.3 Å². The first kappa shape index (κ1) is 13.0. The molecule has 1 atom stereocenters. The molecular formula is C12H21NO3. The molecule has 0 radical (unpaired) electrons. The second-order valence-corrected chi connectivity index (χ2v) is 4.95. The molecular weight excluding hydrogens is 206 g/mol. The molecule has 1 unspecified atom stereocenters. The highest BCUT2D eigenvalue weighted by molar-refractivity contribution is 5.87. The quantitative estimate of drug-likeness (QED) is 0.797. The number of likely N-dealkylation sites (N-methyl/N-ethyl adjacent to an activating group) is 1. The second-order valence-electron chi connectivity index (χ2n) is 4.95. The molecule has 0 spiro atoms. The first-order chi connectivity index (χ1) is 7.42. The molecule has 0 aromatic carbocycles. The monoisotopic (exact) mass is 227 g/mol. The van der Waals surface area contributed by atoms with Gasteiger partial charge >= 0.3 is 5.97 Å². The summed E-state index contributed by atoms with van der Waals surface area (Å²) in [4.78, 5) is 24.6. The number of hydrogen-bond acceptors (Lipinski definition) is 2. The van der Waals surface area contributed by atoms with Gasteiger partial charge in [0.15, 0.2) is 0 Å². The molecule has 1 rings (SSSR count). The first-order valence-electron chi connectivity index (χ1n) is 5.92. The summed E-state index contributed by atoms with van der Waals surface area (Å²) >= 11 is 0. The number of carboxylic acids is 1. The summed E-state index contributed by atoms with van der Waals surface area (Å²) in [6, 6.07) is -0.690. The van der Waals surface area contributed by atoms with Crippen molar-refractivity contribution in [1.82, 2.24) is 4.90 Å². The molecule has 4 heteroatoms. The molecule has 92 valence electrons. The van der Waals surface area contributed by atoms with Crippen LogP contribution in [-0.2, 0) is 9.59 Å². The van der Waals surface area contributed by atoms with Gasteiger partial charge in [0.2, 0.25) is 5.91 Å². The Morgan fingerprint density at radius 3 is 2.25 bits per heavy atom. The van der Waals surface area contributed by atoms with E-state index < -0.39 is 12.0 Å². The Morgan fingerprint density at radius 1 is 1.38 bits per heavy atom. The lowest BCUT2D eigenvalue weighted by molar-refractivity contribution is -0.153. The third-order valence-electron chi connectivity index (χ3n) is 3.68. The molecule has 1 fully saturated rings. The van der Waals surface area contributed by atoms with Crippen LogP contribution in [0.1, 0.15) is 46.0 Å². The third kappa shape index (κ3) is 2.36. The third-order valence-corrected chi connectivity index (χ3v) is 3.68. The average Bonchev–Trinajstić information content (AvgIpc) is 2.65. The number of nitrogens with zero attached hydrogens (tertiary/aromatic N) is 1. The lowest BCUT2D eigenvalue weighted by atomic mass is 9.86. The zero-order chi connectivity index (χ0) is 12.3. The minimum Gasteiger partial charge on any atom is -0.480 e. The van der Waals surface area contributed by atoms with Crippen molar-refractivity contribution in [3.05, 3.63) is 0 Å². The van der Waals surface area contributed by atoms with Crippen LogP contribution in [0, 0.1) is 5.41 Å². The number of aliphatic carboxylic acids is 1. The van der Waals surface area contributed by atoms with Gasteiger partial charge in [-0.15, -0.1) is 0 Å². The van der Waals surface area contributed by atoms with Gasteiger partial charge in [0.1, 0.15) is 6.04 Å². The number of amides is 1. The Bertz CT molecular complexity index is 282. The topological polar surface area (TPSA) is 57.6 Å². The number of carboxylic acid groups (broad SMARTS) is 1. The van der Waals surface area contributed by atoms with Crippen LogP contribution in [0.4, 0.5) is 0 Å². The van der Waals surface area contributed by atoms with Gasteiger partial charge in [-0.1, -0.05) is 26.7 Å². The molecule has 16 heavy (non-hydrogen) atoms. The van der Waals surface area contributed by atoms with Crippen molar-refractivity contribution < 1.29 is 14.7 Å². The predicted octanol–water partition coefficient (Wildman–Crippen LogP) is 1.89. The Morgan fingerprint density at radius 2 is 1.88 bits per heavy atom. The molecule has 0 aromatic rings. The molecule has 0 saturated heterocycles. The van der Waals surface area contributed by atoms with E-state index in [4.69, 9.17) is 5.11 Å². The molecule has 1 aliphatic rings. The smallest absolute Gasteiger partial charge is 0.326 e. The molecule has 1 aliphatic carbocycles. The summed E-state index contributed by atoms with van der Waals surface area (Å²) < 4.78 is 0. The van der Waals surface area contributed by atoms with E-state index in [0.717, 1.165) is 25.7 Å². The van der Waals surface area contributed by atoms with Crippen molar-refractivity contribution >= 4 is 11.9 Å². The van der Waals surface area contributed by atoms with Crippen molar-refractivity contribution in [2.75, 3.05) is 7.05 Å². The fourth-order valence-corrected chi connectivity index (χ4v) is 2.55. The van der Waals surface area contributed by atoms with Gasteiger partial charge in [0.05, 0.1) is 0 Å². The number of hydrogen-bond donors (Lipinski definition) is 1. The maximum Gasteiger partial charge on any atom is 0.326 e. The fraction of sp³-hybridized carbons (Fsp3) is 0.833. The van der Waals surface area contributed by atoms with Crippen LogP contribution < -0.4 is 0 Å². The highest BCUT2D eigenvalue weighted by Gasteiger charge is 2.40. The van der Waals surface area contributed by atoms with Crippen molar-refractivity contribution in [1.29, 1.82) is 0 Å². The number of carbonyl (C=O) groups excluding carboxylic acids is 1. The van der Waals surface area contributed by atoms with Crippen LogP contribution in [0.3, 0.4) is 0 Å². The van der Waals surface area contributed by atoms with Crippen molar-refractivity contribution in [2.45, 2.75) is 52.0 Å². The number of rotatable bonds is 4. The van der Waals surface area contributed by atoms with Crippen LogP contribution in [0.15, 0.2) is 0 Å². The molecule has 0 heterocycles. The molecule has 1 amide bonds. The normalized spacial score (nSPS) is 20.4. The first-order valence-corrected chi connectivity index (χ1v) is 5.92. The summed E-state index contributed by atoms with van der Waals surface area (Å²) in [5, 5.41) is 9.03. The zero-order valence-corrected chi connectivity index (χ0v) is 10.3. The Balaban J connectivity index is 2.76. The summed E-state index contributed by atoms with van der Waals surface area (Å²) in [7, 11) is 1.61. The van der Waals surface area contributed by atoms with Crippen molar-refractivity contribution in [3.63, 3.8) is 0 Å². The van der Waals surface area contributed by atoms with Gasteiger partial charge in [-0.05, 0) is 19.3 Å². The summed E-state index contributed by atoms with van der Waals surface area (Å²) in [5.41, 5.74) is -0.336. The minimum absolute atomic E-state index is 0.0146. The van der Waals surface area contributed by atoms with Gasteiger partial charge < -0.3 is 10.0 Å². The van der Waals surface area contributed by atoms with Gasteiger partial charge in [0, 0.05) is 12.5 Å². The Kier molecular flexibility index (Phi) is 3.94. The number of carbonyl (C=O) groups is 2. The summed E-state index contributed by atoms with van der Waals surface area (Å²) in [6.45, 7) is 3.74. The van der Waals surface area contributed by atoms with Gasteiger partial charge in [-0.25, -0.2) is 4.79 Å². The van der Waals surface area contributed by atoms with Crippen LogP contribution in [0.5, 0.6) is 0 Å². The predicted molar refractivity (Wildman–Crippen MR) is 61.1 cm³/mol. The highest BCUT2D eigenvalue weighted by atomic mass is 16.4. The minimum atomic E-state index is -0.917. The lowest BCUT2D eigenvalue weighted by Gasteiger charge is -2.32. The maximum atomic E-state index is 12.2. The second kappa shape index (κ2) is 4.85. The van der Waals surface area contributed by atoms with E-state index in [1.807, 2.05) is 6.92 Å². The summed E-state index contributed by atoms with van der Waals surface area (Å²) in [6.07, 6.45) is 4.35. The molecule has 4 nitrogen and oxygen atoms in total. The van der Waals surface area contributed by atoms with Gasteiger partial charge in [-0.3, -0.25) is 4.79 Å². The molecule has 0 bridgehead atoms. The highest BCUT2D eigenvalue weighted by Crippen LogP contribution is 2.39. The molecule has 1 N–H and O–H groups in total. The lowest BCUT2D eigenvalue weighted by Crippen LogP contribution is -2.47. The molecule has 0 aromatic heterocycles. The average molecular weight is 227 g/mol. The standard InChI is InChI=1S/C12H21NO3/c1-4-9(10(14)15)13(3)11(16)12(2)7-5-6-8-12/h9H,4-8H2,1-3H3,(H,14,15). The molecule has 1 saturated carbocycles. The largest absolute Gasteiger partial charge is 0.480 e. The van der Waals surface area contributed by atoms with Crippen LogP contribution >= 0.6 is 0 Å². The van der Waals surface area contributed by atoms with Crippen molar-refractivity contribution in [3.8, 4) is 0 Å². The maximum absolute atomic E-state index is 12.2. The summed E-state index contributed by atoms with van der Waals surface area (Å²) in [5.74, 6) is -0.931. The van der Waals surface area contributed by atoms with E-state index in [2.05, 4.69) is 0 Å². The van der Waals surface area contributed by atoms with Crippen LogP contribution in [0.25, 0.3) is 0 Å². The Hall–Kier alpha value is -1.06. The van der Waals surface area contributed by atoms with Gasteiger partial charge in [0.25, 0.3) is 0 Å². The van der Waals surface area contributed by atoms with Crippen LogP contribution in [-0.4, -0.2) is 35.0 Å². The van der Waals surface area contributed by atoms with E-state index in [1.54, 1.807) is 14.0 Å². The zero-order valence-electron chi connectivity index (χ0n) is 10.3. The van der Waals surface area contributed by atoms with E-state index in [1.165, 1.54) is 4.90 Å².